The van der Waals surface area contributed by atoms with Gasteiger partial charge in [-0.2, -0.15) is 0 Å². The van der Waals surface area contributed by atoms with Crippen LogP contribution in [0.2, 0.25) is 5.02 Å². The fourth-order valence-corrected chi connectivity index (χ4v) is 3.56. The molecule has 0 spiro atoms. The molecule has 0 heterocycles. The van der Waals surface area contributed by atoms with Gasteiger partial charge in [0.1, 0.15) is 5.82 Å². The standard InChI is InChI=1S/C26H20ClFN2O2/c27-22-9-7-19(8-10-22)26(32)30(24-13-11-23(28)12-14-24)16-15-29-25(31)21-6-5-18-3-1-2-4-20(18)17-21/h1-14,17H,15-16H2,(H,29,31). The van der Waals surface area contributed by atoms with Gasteiger partial charge in [-0.1, -0.05) is 41.9 Å². The molecule has 2 amide bonds. The quantitative estimate of drug-likeness (QED) is 0.412. The molecule has 0 fully saturated rings. The lowest BCUT2D eigenvalue weighted by Gasteiger charge is -2.23. The number of hydrogen-bond donors (Lipinski definition) is 1. The number of carbonyl (C=O) groups excluding carboxylic acids is 2. The molecule has 32 heavy (non-hydrogen) atoms. The van der Waals surface area contributed by atoms with Crippen LogP contribution in [0.25, 0.3) is 10.8 Å². The van der Waals surface area contributed by atoms with Crippen molar-refractivity contribution >= 4 is 39.9 Å². The third-order valence-electron chi connectivity index (χ3n) is 5.11. The van der Waals surface area contributed by atoms with Crippen LogP contribution in [-0.2, 0) is 0 Å². The van der Waals surface area contributed by atoms with Crippen molar-refractivity contribution in [2.75, 3.05) is 18.0 Å². The summed E-state index contributed by atoms with van der Waals surface area (Å²) in [4.78, 5) is 27.3. The second-order valence-corrected chi connectivity index (χ2v) is 7.69. The molecule has 0 unspecified atom stereocenters. The van der Waals surface area contributed by atoms with Gasteiger partial charge in [-0.15, -0.1) is 0 Å². The lowest BCUT2D eigenvalue weighted by atomic mass is 10.1. The van der Waals surface area contributed by atoms with Gasteiger partial charge in [-0.25, -0.2) is 4.39 Å². The van der Waals surface area contributed by atoms with E-state index in [1.54, 1.807) is 30.3 Å². The minimum Gasteiger partial charge on any atom is -0.350 e. The van der Waals surface area contributed by atoms with Crippen LogP contribution >= 0.6 is 11.6 Å². The molecule has 4 nitrogen and oxygen atoms in total. The zero-order chi connectivity index (χ0) is 22.5. The van der Waals surface area contributed by atoms with Gasteiger partial charge >= 0.3 is 0 Å². The number of carbonyl (C=O) groups is 2. The number of rotatable bonds is 6. The van der Waals surface area contributed by atoms with Gasteiger partial charge in [0.15, 0.2) is 0 Å². The molecule has 0 saturated heterocycles. The average molecular weight is 447 g/mol. The Hall–Kier alpha value is -3.70. The van der Waals surface area contributed by atoms with E-state index in [4.69, 9.17) is 11.6 Å². The molecule has 0 atom stereocenters. The van der Waals surface area contributed by atoms with E-state index in [0.717, 1.165) is 10.8 Å². The fraction of sp³-hybridized carbons (Fsp3) is 0.0769. The molecule has 0 bridgehead atoms. The van der Waals surface area contributed by atoms with Crippen LogP contribution in [-0.4, -0.2) is 24.9 Å². The number of nitrogens with zero attached hydrogens (tertiary/aromatic N) is 1. The summed E-state index contributed by atoms with van der Waals surface area (Å²) in [6.07, 6.45) is 0. The fourth-order valence-electron chi connectivity index (χ4n) is 3.43. The van der Waals surface area contributed by atoms with Crippen molar-refractivity contribution in [1.82, 2.24) is 5.32 Å². The Labute approximate surface area is 190 Å². The molecule has 0 aliphatic heterocycles. The summed E-state index contributed by atoms with van der Waals surface area (Å²) in [7, 11) is 0. The molecule has 0 aromatic heterocycles. The second-order valence-electron chi connectivity index (χ2n) is 7.26. The van der Waals surface area contributed by atoms with Gasteiger partial charge in [-0.3, -0.25) is 9.59 Å². The number of fused-ring (bicyclic) bond motifs is 1. The molecule has 4 aromatic carbocycles. The maximum atomic E-state index is 13.4. The minimum atomic E-state index is -0.391. The summed E-state index contributed by atoms with van der Waals surface area (Å²) in [5.41, 5.74) is 1.52. The first kappa shape index (κ1) is 21.5. The smallest absolute Gasteiger partial charge is 0.258 e. The first-order valence-electron chi connectivity index (χ1n) is 10.1. The SMILES string of the molecule is O=C(NCCN(C(=O)c1ccc(Cl)cc1)c1ccc(F)cc1)c1ccc2ccccc2c1. The van der Waals surface area contributed by atoms with Crippen molar-refractivity contribution in [3.63, 3.8) is 0 Å². The van der Waals surface area contributed by atoms with E-state index in [1.165, 1.54) is 29.2 Å². The van der Waals surface area contributed by atoms with Crippen LogP contribution in [0.3, 0.4) is 0 Å². The van der Waals surface area contributed by atoms with E-state index in [2.05, 4.69) is 5.32 Å². The van der Waals surface area contributed by atoms with Crippen molar-refractivity contribution in [2.24, 2.45) is 0 Å². The topological polar surface area (TPSA) is 49.4 Å². The van der Waals surface area contributed by atoms with Crippen LogP contribution in [0.5, 0.6) is 0 Å². The van der Waals surface area contributed by atoms with Crippen LogP contribution in [0, 0.1) is 5.82 Å². The van der Waals surface area contributed by atoms with Gasteiger partial charge < -0.3 is 10.2 Å². The van der Waals surface area contributed by atoms with Crippen molar-refractivity contribution in [3.05, 3.63) is 113 Å². The molecule has 0 radical (unpaired) electrons. The molecule has 0 saturated carbocycles. The lowest BCUT2D eigenvalue weighted by molar-refractivity contribution is 0.0943. The highest BCUT2D eigenvalue weighted by atomic mass is 35.5. The van der Waals surface area contributed by atoms with Gasteiger partial charge in [-0.05, 0) is 71.4 Å². The Kier molecular flexibility index (Phi) is 6.47. The van der Waals surface area contributed by atoms with Gasteiger partial charge in [0, 0.05) is 34.9 Å². The Balaban J connectivity index is 1.49. The summed E-state index contributed by atoms with van der Waals surface area (Å²) < 4.78 is 13.4. The molecule has 0 aliphatic rings. The Bertz CT molecular complexity index is 1260. The molecule has 160 valence electrons. The first-order valence-corrected chi connectivity index (χ1v) is 10.5. The molecular formula is C26H20ClFN2O2. The van der Waals surface area contributed by atoms with Crippen LogP contribution in [0.4, 0.5) is 10.1 Å². The number of amides is 2. The highest BCUT2D eigenvalue weighted by Gasteiger charge is 2.18. The second kappa shape index (κ2) is 9.62. The zero-order valence-corrected chi connectivity index (χ0v) is 17.9. The van der Waals surface area contributed by atoms with Crippen molar-refractivity contribution in [2.45, 2.75) is 0 Å². The maximum absolute atomic E-state index is 13.4. The van der Waals surface area contributed by atoms with Crippen molar-refractivity contribution in [3.8, 4) is 0 Å². The van der Waals surface area contributed by atoms with E-state index >= 15 is 0 Å². The van der Waals surface area contributed by atoms with Crippen LogP contribution in [0.15, 0.2) is 91.0 Å². The van der Waals surface area contributed by atoms with Gasteiger partial charge in [0.25, 0.3) is 11.8 Å². The van der Waals surface area contributed by atoms with E-state index < -0.39 is 5.82 Å². The zero-order valence-electron chi connectivity index (χ0n) is 17.1. The van der Waals surface area contributed by atoms with Crippen LogP contribution in [0.1, 0.15) is 20.7 Å². The highest BCUT2D eigenvalue weighted by molar-refractivity contribution is 6.30. The lowest BCUT2D eigenvalue weighted by Crippen LogP contribution is -2.38. The third-order valence-corrected chi connectivity index (χ3v) is 5.36. The predicted octanol–water partition coefficient (Wildman–Crippen LogP) is 5.71. The number of anilines is 1. The molecule has 4 rings (SSSR count). The highest BCUT2D eigenvalue weighted by Crippen LogP contribution is 2.19. The maximum Gasteiger partial charge on any atom is 0.258 e. The normalized spacial score (nSPS) is 10.7. The summed E-state index contributed by atoms with van der Waals surface area (Å²) in [6.45, 7) is 0.439. The van der Waals surface area contributed by atoms with Gasteiger partial charge in [0.2, 0.25) is 0 Å². The van der Waals surface area contributed by atoms with E-state index in [0.29, 0.717) is 21.8 Å². The molecule has 0 aliphatic carbocycles. The Morgan fingerprint density at radius 2 is 1.47 bits per heavy atom. The van der Waals surface area contributed by atoms with Gasteiger partial charge in [0.05, 0.1) is 0 Å². The number of nitrogens with one attached hydrogen (secondary N) is 1. The molecular weight excluding hydrogens is 427 g/mol. The Morgan fingerprint density at radius 3 is 2.19 bits per heavy atom. The average Bonchev–Trinajstić information content (AvgIpc) is 2.82. The summed E-state index contributed by atoms with van der Waals surface area (Å²) in [5, 5.41) is 5.42. The van der Waals surface area contributed by atoms with Crippen LogP contribution < -0.4 is 10.2 Å². The Morgan fingerprint density at radius 1 is 0.812 bits per heavy atom. The van der Waals surface area contributed by atoms with E-state index in [-0.39, 0.29) is 24.9 Å². The number of halogens is 2. The first-order chi connectivity index (χ1) is 15.5. The third kappa shape index (κ3) is 4.95. The molecule has 4 aromatic rings. The van der Waals surface area contributed by atoms with E-state index in [1.807, 2.05) is 36.4 Å². The number of benzene rings is 4. The molecule has 1 N–H and O–H groups in total. The van der Waals surface area contributed by atoms with E-state index in [9.17, 15) is 14.0 Å². The predicted molar refractivity (Wildman–Crippen MR) is 126 cm³/mol. The van der Waals surface area contributed by atoms with Crippen molar-refractivity contribution in [1.29, 1.82) is 0 Å². The summed E-state index contributed by atoms with van der Waals surface area (Å²) in [5.74, 6) is -0.890. The van der Waals surface area contributed by atoms with Crippen molar-refractivity contribution < 1.29 is 14.0 Å². The summed E-state index contributed by atoms with van der Waals surface area (Å²) in [6, 6.07) is 25.5. The molecule has 6 heteroatoms. The monoisotopic (exact) mass is 446 g/mol. The number of hydrogen-bond acceptors (Lipinski definition) is 2. The largest absolute Gasteiger partial charge is 0.350 e. The summed E-state index contributed by atoms with van der Waals surface area (Å²) >= 11 is 5.93. The minimum absolute atomic E-state index is 0.215.